The topological polar surface area (TPSA) is 65.3 Å². The fourth-order valence-corrected chi connectivity index (χ4v) is 1.38. The van der Waals surface area contributed by atoms with E-state index < -0.39 is 28.5 Å². The molecule has 0 atom stereocenters. The van der Waals surface area contributed by atoms with Gasteiger partial charge in [-0.3, -0.25) is 15.1 Å². The van der Waals surface area contributed by atoms with Gasteiger partial charge in [0.2, 0.25) is 5.75 Å². The fourth-order valence-electron chi connectivity index (χ4n) is 1.19. The monoisotopic (exact) mass is 252 g/mol. The van der Waals surface area contributed by atoms with Crippen molar-refractivity contribution < 1.29 is 18.4 Å². The Morgan fingerprint density at radius 1 is 1.69 bits per heavy atom. The van der Waals surface area contributed by atoms with E-state index in [1.54, 1.807) is 0 Å². The summed E-state index contributed by atoms with van der Waals surface area (Å²) in [7, 11) is 1.06. The molecule has 0 amide bonds. The maximum Gasteiger partial charge on any atom is 0.319 e. The van der Waals surface area contributed by atoms with E-state index in [0.29, 0.717) is 0 Å². The van der Waals surface area contributed by atoms with E-state index in [9.17, 15) is 18.9 Å². The molecule has 0 radical (unpaired) electrons. The number of alkyl halides is 3. The van der Waals surface area contributed by atoms with Crippen molar-refractivity contribution in [3.05, 3.63) is 27.6 Å². The summed E-state index contributed by atoms with van der Waals surface area (Å²) < 4.78 is 29.6. The minimum atomic E-state index is -2.95. The van der Waals surface area contributed by atoms with Crippen LogP contribution < -0.4 is 4.74 Å². The molecule has 0 bridgehead atoms. The zero-order valence-corrected chi connectivity index (χ0v) is 8.87. The average Bonchev–Trinajstić information content (AvgIpc) is 2.26. The van der Waals surface area contributed by atoms with Crippen molar-refractivity contribution in [1.29, 1.82) is 0 Å². The van der Waals surface area contributed by atoms with Gasteiger partial charge in [0.15, 0.2) is 5.69 Å². The lowest BCUT2D eigenvalue weighted by Crippen LogP contribution is -2.04. The second kappa shape index (κ2) is 5.02. The lowest BCUT2D eigenvalue weighted by atomic mass is 10.2. The summed E-state index contributed by atoms with van der Waals surface area (Å²) >= 11 is 5.45. The van der Waals surface area contributed by atoms with Crippen LogP contribution in [-0.4, -0.2) is 17.0 Å². The average molecular weight is 253 g/mol. The van der Waals surface area contributed by atoms with Crippen LogP contribution in [0.3, 0.4) is 0 Å². The number of hydrogen-bond acceptors (Lipinski definition) is 4. The van der Waals surface area contributed by atoms with E-state index in [4.69, 9.17) is 11.6 Å². The van der Waals surface area contributed by atoms with Gasteiger partial charge in [-0.1, -0.05) is 0 Å². The summed E-state index contributed by atoms with van der Waals surface area (Å²) in [6, 6.07) is 0. The van der Waals surface area contributed by atoms with Gasteiger partial charge in [-0.2, -0.15) is 0 Å². The molecule has 0 saturated carbocycles. The molecule has 88 valence electrons. The van der Waals surface area contributed by atoms with E-state index in [1.807, 2.05) is 0 Å². The maximum atomic E-state index is 12.5. The first-order chi connectivity index (χ1) is 7.52. The van der Waals surface area contributed by atoms with Gasteiger partial charge in [0, 0.05) is 6.20 Å². The van der Waals surface area contributed by atoms with Crippen molar-refractivity contribution in [2.24, 2.45) is 0 Å². The van der Waals surface area contributed by atoms with Crippen molar-refractivity contribution in [1.82, 2.24) is 4.98 Å². The molecule has 0 aliphatic heterocycles. The molecule has 0 aliphatic rings. The second-order valence-electron chi connectivity index (χ2n) is 2.74. The summed E-state index contributed by atoms with van der Waals surface area (Å²) in [5, 5.41) is 10.7. The van der Waals surface area contributed by atoms with Crippen LogP contribution in [0.2, 0.25) is 0 Å². The highest BCUT2D eigenvalue weighted by Gasteiger charge is 2.28. The highest BCUT2D eigenvalue weighted by molar-refractivity contribution is 6.17. The quantitative estimate of drug-likeness (QED) is 0.469. The summed E-state index contributed by atoms with van der Waals surface area (Å²) in [6.45, 7) is 0. The molecular weight excluding hydrogens is 246 g/mol. The van der Waals surface area contributed by atoms with Gasteiger partial charge < -0.3 is 4.74 Å². The molecular formula is C8H7ClF2N2O3. The Labute approximate surface area is 94.1 Å². The molecule has 0 fully saturated rings. The molecule has 0 unspecified atom stereocenters. The Hall–Kier alpha value is -1.50. The van der Waals surface area contributed by atoms with Gasteiger partial charge in [0.1, 0.15) is 0 Å². The molecule has 0 saturated heterocycles. The van der Waals surface area contributed by atoms with Crippen LogP contribution in [-0.2, 0) is 5.88 Å². The molecule has 0 N–H and O–H groups in total. The Bertz CT molecular complexity index is 415. The van der Waals surface area contributed by atoms with Crippen LogP contribution >= 0.6 is 11.6 Å². The minimum absolute atomic E-state index is 0.0351. The molecule has 0 aromatic carbocycles. The second-order valence-corrected chi connectivity index (χ2v) is 3.01. The van der Waals surface area contributed by atoms with Crippen molar-refractivity contribution in [3.63, 3.8) is 0 Å². The highest BCUT2D eigenvalue weighted by atomic mass is 35.5. The predicted octanol–water partition coefficient (Wildman–Crippen LogP) is 2.67. The van der Waals surface area contributed by atoms with Crippen LogP contribution in [0.25, 0.3) is 0 Å². The minimum Gasteiger partial charge on any atom is -0.489 e. The zero-order valence-electron chi connectivity index (χ0n) is 8.11. The number of aromatic nitrogens is 1. The Morgan fingerprint density at radius 3 is 2.69 bits per heavy atom. The Kier molecular flexibility index (Phi) is 3.94. The zero-order chi connectivity index (χ0) is 12.3. The van der Waals surface area contributed by atoms with E-state index >= 15 is 0 Å². The van der Waals surface area contributed by atoms with Crippen molar-refractivity contribution >= 4 is 17.3 Å². The standard InChI is InChI=1S/C8H7ClF2N2O3/c1-16-7-5(8(10)11)12-3-4(2-9)6(7)13(14)15/h3,8H,2H2,1H3. The number of hydrogen-bond donors (Lipinski definition) is 0. The van der Waals surface area contributed by atoms with Gasteiger partial charge >= 0.3 is 5.69 Å². The molecule has 8 heteroatoms. The smallest absolute Gasteiger partial charge is 0.319 e. The largest absolute Gasteiger partial charge is 0.489 e. The van der Waals surface area contributed by atoms with Gasteiger partial charge in [-0.05, 0) is 0 Å². The van der Waals surface area contributed by atoms with E-state index in [-0.39, 0.29) is 11.4 Å². The third-order valence-corrected chi connectivity index (χ3v) is 2.14. The van der Waals surface area contributed by atoms with Crippen LogP contribution in [0.15, 0.2) is 6.20 Å². The van der Waals surface area contributed by atoms with Gasteiger partial charge in [0.25, 0.3) is 6.43 Å². The van der Waals surface area contributed by atoms with E-state index in [2.05, 4.69) is 9.72 Å². The Morgan fingerprint density at radius 2 is 2.31 bits per heavy atom. The lowest BCUT2D eigenvalue weighted by molar-refractivity contribution is -0.386. The first-order valence-electron chi connectivity index (χ1n) is 4.07. The van der Waals surface area contributed by atoms with E-state index in [0.717, 1.165) is 13.3 Å². The van der Waals surface area contributed by atoms with Crippen molar-refractivity contribution in [2.75, 3.05) is 7.11 Å². The van der Waals surface area contributed by atoms with Crippen LogP contribution in [0.5, 0.6) is 5.75 Å². The van der Waals surface area contributed by atoms with Crippen molar-refractivity contribution in [3.8, 4) is 5.75 Å². The number of nitro groups is 1. The summed E-state index contributed by atoms with van der Waals surface area (Å²) in [4.78, 5) is 13.3. The first kappa shape index (κ1) is 12.6. The summed E-state index contributed by atoms with van der Waals surface area (Å²) in [5.41, 5.74) is -1.29. The molecule has 1 rings (SSSR count). The third-order valence-electron chi connectivity index (χ3n) is 1.85. The Balaban J connectivity index is 3.49. The van der Waals surface area contributed by atoms with E-state index in [1.165, 1.54) is 0 Å². The maximum absolute atomic E-state index is 12.5. The number of nitrogens with zero attached hydrogens (tertiary/aromatic N) is 2. The third kappa shape index (κ3) is 2.19. The number of pyridine rings is 1. The molecule has 0 aliphatic carbocycles. The van der Waals surface area contributed by atoms with Gasteiger partial charge in [-0.15, -0.1) is 11.6 Å². The van der Waals surface area contributed by atoms with Gasteiger partial charge in [-0.25, -0.2) is 8.78 Å². The number of ether oxygens (including phenoxy) is 1. The molecule has 0 spiro atoms. The normalized spacial score (nSPS) is 10.6. The molecule has 16 heavy (non-hydrogen) atoms. The highest BCUT2D eigenvalue weighted by Crippen LogP contribution is 2.37. The first-order valence-corrected chi connectivity index (χ1v) is 4.60. The van der Waals surface area contributed by atoms with Crippen LogP contribution in [0, 0.1) is 10.1 Å². The number of rotatable bonds is 4. The van der Waals surface area contributed by atoms with Gasteiger partial charge in [0.05, 0.1) is 23.5 Å². The summed E-state index contributed by atoms with van der Waals surface area (Å²) in [6.07, 6.45) is -1.99. The van der Waals surface area contributed by atoms with Crippen LogP contribution in [0.1, 0.15) is 17.7 Å². The fraction of sp³-hybridized carbons (Fsp3) is 0.375. The molecule has 1 aromatic heterocycles. The lowest BCUT2D eigenvalue weighted by Gasteiger charge is -2.09. The molecule has 1 heterocycles. The predicted molar refractivity (Wildman–Crippen MR) is 52.0 cm³/mol. The number of halogens is 3. The summed E-state index contributed by atoms with van der Waals surface area (Å²) in [5.74, 6) is -0.749. The van der Waals surface area contributed by atoms with Crippen LogP contribution in [0.4, 0.5) is 14.5 Å². The number of methoxy groups -OCH3 is 1. The van der Waals surface area contributed by atoms with Crippen molar-refractivity contribution in [2.45, 2.75) is 12.3 Å². The molecule has 5 nitrogen and oxygen atoms in total. The molecule has 1 aromatic rings. The SMILES string of the molecule is COc1c(C(F)F)ncc(CCl)c1[N+](=O)[O-].